The van der Waals surface area contributed by atoms with E-state index >= 15 is 0 Å². The number of likely N-dealkylation sites (N-methyl/N-ethyl adjacent to an activating group) is 1. The second-order valence-corrected chi connectivity index (χ2v) is 7.68. The second kappa shape index (κ2) is 13.3. The fourth-order valence-corrected chi connectivity index (χ4v) is 3.64. The zero-order valence-electron chi connectivity index (χ0n) is 18.0. The van der Waals surface area contributed by atoms with Crippen molar-refractivity contribution in [1.82, 2.24) is 20.4 Å². The highest BCUT2D eigenvalue weighted by Crippen LogP contribution is 2.23. The first-order valence-corrected chi connectivity index (χ1v) is 10.3. The average Bonchev–Trinajstić information content (AvgIpc) is 2.68. The number of rotatable bonds is 8. The third-order valence-electron chi connectivity index (χ3n) is 5.40. The molecule has 1 aliphatic rings. The van der Waals surface area contributed by atoms with Crippen LogP contribution in [0.1, 0.15) is 44.2 Å². The molecule has 0 aromatic heterocycles. The third kappa shape index (κ3) is 7.97. The molecule has 1 atom stereocenters. The molecular weight excluding hydrogens is 487 g/mol. The van der Waals surface area contributed by atoms with Gasteiger partial charge in [0.2, 0.25) is 0 Å². The number of piperidine rings is 1. The van der Waals surface area contributed by atoms with Gasteiger partial charge in [0.1, 0.15) is 11.6 Å². The number of benzene rings is 1. The molecule has 1 unspecified atom stereocenters. The molecule has 29 heavy (non-hydrogen) atoms. The molecule has 1 aliphatic heterocycles. The van der Waals surface area contributed by atoms with Crippen LogP contribution in [0.15, 0.2) is 23.2 Å². The van der Waals surface area contributed by atoms with Crippen LogP contribution < -0.4 is 10.6 Å². The van der Waals surface area contributed by atoms with Crippen LogP contribution in [-0.2, 0) is 0 Å². The van der Waals surface area contributed by atoms with Crippen LogP contribution >= 0.6 is 24.0 Å². The zero-order valence-corrected chi connectivity index (χ0v) is 20.4. The van der Waals surface area contributed by atoms with Crippen LogP contribution in [0.5, 0.6) is 0 Å². The number of nitrogens with one attached hydrogen (secondary N) is 2. The Morgan fingerprint density at radius 3 is 2.38 bits per heavy atom. The van der Waals surface area contributed by atoms with Crippen molar-refractivity contribution in [3.05, 3.63) is 35.4 Å². The van der Waals surface area contributed by atoms with Crippen LogP contribution in [0.3, 0.4) is 0 Å². The van der Waals surface area contributed by atoms with Crippen molar-refractivity contribution in [2.45, 2.75) is 44.7 Å². The molecule has 1 aromatic carbocycles. The van der Waals surface area contributed by atoms with Crippen molar-refractivity contribution in [3.63, 3.8) is 0 Å². The van der Waals surface area contributed by atoms with E-state index in [0.29, 0.717) is 18.5 Å². The summed E-state index contributed by atoms with van der Waals surface area (Å²) < 4.78 is 28.4. The number of hydrogen-bond acceptors (Lipinski definition) is 3. The maximum Gasteiger partial charge on any atom is 0.191 e. The quantitative estimate of drug-likeness (QED) is 0.311. The van der Waals surface area contributed by atoms with Gasteiger partial charge in [0.15, 0.2) is 5.96 Å². The Hall–Kier alpha value is -1.000. The molecule has 0 amide bonds. The molecule has 166 valence electrons. The summed E-state index contributed by atoms with van der Waals surface area (Å²) in [7, 11) is 5.36. The average molecular weight is 523 g/mol. The molecule has 0 saturated carbocycles. The van der Waals surface area contributed by atoms with Crippen molar-refractivity contribution in [3.8, 4) is 0 Å². The van der Waals surface area contributed by atoms with Gasteiger partial charge in [-0.1, -0.05) is 19.4 Å². The van der Waals surface area contributed by atoms with Crippen LogP contribution in [0.4, 0.5) is 8.78 Å². The highest BCUT2D eigenvalue weighted by molar-refractivity contribution is 14.0. The van der Waals surface area contributed by atoms with Crippen molar-refractivity contribution in [2.75, 3.05) is 47.3 Å². The second-order valence-electron chi connectivity index (χ2n) is 7.68. The molecular formula is C21H36F2IN5. The summed E-state index contributed by atoms with van der Waals surface area (Å²) in [6, 6.07) is 3.92. The van der Waals surface area contributed by atoms with E-state index in [1.165, 1.54) is 37.6 Å². The van der Waals surface area contributed by atoms with Crippen LogP contribution in [-0.4, -0.2) is 69.1 Å². The Morgan fingerprint density at radius 2 is 1.86 bits per heavy atom. The molecule has 1 saturated heterocycles. The Balaban J connectivity index is 0.00000420. The number of nitrogens with zero attached hydrogens (tertiary/aromatic N) is 3. The van der Waals surface area contributed by atoms with E-state index in [1.54, 1.807) is 7.05 Å². The lowest BCUT2D eigenvalue weighted by atomic mass is 10.0. The highest BCUT2D eigenvalue weighted by atomic mass is 127. The van der Waals surface area contributed by atoms with Gasteiger partial charge < -0.3 is 20.4 Å². The molecule has 2 rings (SSSR count). The number of unbranched alkanes of at least 4 members (excludes halogenated alkanes) is 1. The molecule has 1 aromatic rings. The van der Waals surface area contributed by atoms with Crippen LogP contribution in [0.2, 0.25) is 0 Å². The first-order chi connectivity index (χ1) is 13.5. The van der Waals surface area contributed by atoms with Crippen molar-refractivity contribution < 1.29 is 8.78 Å². The van der Waals surface area contributed by atoms with Gasteiger partial charge in [-0.25, -0.2) is 8.78 Å². The first-order valence-electron chi connectivity index (χ1n) is 10.3. The minimum atomic E-state index is -0.525. The molecule has 0 radical (unpaired) electrons. The summed E-state index contributed by atoms with van der Waals surface area (Å²) in [5.74, 6) is -0.374. The lowest BCUT2D eigenvalue weighted by Gasteiger charge is -2.33. The summed E-state index contributed by atoms with van der Waals surface area (Å²) in [6.07, 6.45) is 4.62. The van der Waals surface area contributed by atoms with Gasteiger partial charge in [0.25, 0.3) is 0 Å². The van der Waals surface area contributed by atoms with Gasteiger partial charge >= 0.3 is 0 Å². The van der Waals surface area contributed by atoms with Crippen LogP contribution in [0.25, 0.3) is 0 Å². The maximum absolute atomic E-state index is 14.2. The SMILES string of the molecule is CCCCN1CCC(NC(=NC)NCC(c2c(F)cccc2F)N(C)C)CC1.I. The van der Waals surface area contributed by atoms with Gasteiger partial charge in [-0.05, 0) is 52.0 Å². The van der Waals surface area contributed by atoms with Gasteiger partial charge in [-0.3, -0.25) is 4.99 Å². The standard InChI is InChI=1S/C21H35F2N5.HI/c1-5-6-12-28-13-10-16(11-14-28)26-21(24-2)25-15-19(27(3)4)20-17(22)8-7-9-18(20)23;/h7-9,16,19H,5-6,10-15H2,1-4H3,(H2,24,25,26);1H. The minimum absolute atomic E-state index is 0. The normalized spacial score (nSPS) is 17.1. The molecule has 1 heterocycles. The smallest absolute Gasteiger partial charge is 0.191 e. The van der Waals surface area contributed by atoms with Gasteiger partial charge in [-0.2, -0.15) is 0 Å². The molecule has 0 aliphatic carbocycles. The van der Waals surface area contributed by atoms with E-state index in [-0.39, 0.29) is 29.5 Å². The third-order valence-corrected chi connectivity index (χ3v) is 5.40. The zero-order chi connectivity index (χ0) is 20.5. The van der Waals surface area contributed by atoms with Crippen molar-refractivity contribution in [2.24, 2.45) is 4.99 Å². The summed E-state index contributed by atoms with van der Waals surface area (Å²) in [5, 5.41) is 6.71. The lowest BCUT2D eigenvalue weighted by Crippen LogP contribution is -2.50. The Bertz CT molecular complexity index is 613. The molecule has 5 nitrogen and oxygen atoms in total. The topological polar surface area (TPSA) is 42.9 Å². The number of guanidine groups is 1. The van der Waals surface area contributed by atoms with E-state index < -0.39 is 17.7 Å². The summed E-state index contributed by atoms with van der Waals surface area (Å²) in [5.41, 5.74) is 0.0830. The fourth-order valence-electron chi connectivity index (χ4n) is 3.64. The van der Waals surface area contributed by atoms with Crippen molar-refractivity contribution >= 4 is 29.9 Å². The number of likely N-dealkylation sites (tertiary alicyclic amines) is 1. The van der Waals surface area contributed by atoms with Gasteiger partial charge in [0.05, 0.1) is 6.04 Å². The molecule has 8 heteroatoms. The van der Waals surface area contributed by atoms with E-state index in [0.717, 1.165) is 25.9 Å². The molecule has 1 fully saturated rings. The van der Waals surface area contributed by atoms with E-state index in [2.05, 4.69) is 27.4 Å². The van der Waals surface area contributed by atoms with Crippen molar-refractivity contribution in [1.29, 1.82) is 0 Å². The van der Waals surface area contributed by atoms with E-state index in [1.807, 2.05) is 19.0 Å². The predicted octanol–water partition coefficient (Wildman–Crippen LogP) is 3.62. The summed E-state index contributed by atoms with van der Waals surface area (Å²) >= 11 is 0. The number of hydrogen-bond donors (Lipinski definition) is 2. The van der Waals surface area contributed by atoms with Gasteiger partial charge in [0, 0.05) is 38.3 Å². The molecule has 2 N–H and O–H groups in total. The Morgan fingerprint density at radius 1 is 1.24 bits per heavy atom. The van der Waals surface area contributed by atoms with Gasteiger partial charge in [-0.15, -0.1) is 24.0 Å². The Kier molecular flexibility index (Phi) is 12.0. The molecule has 0 spiro atoms. The monoisotopic (exact) mass is 523 g/mol. The molecule has 0 bridgehead atoms. The van der Waals surface area contributed by atoms with E-state index in [9.17, 15) is 8.78 Å². The maximum atomic E-state index is 14.2. The number of halogens is 3. The Labute approximate surface area is 191 Å². The minimum Gasteiger partial charge on any atom is -0.354 e. The summed E-state index contributed by atoms with van der Waals surface area (Å²) in [4.78, 5) is 8.62. The first kappa shape index (κ1) is 26.0. The summed E-state index contributed by atoms with van der Waals surface area (Å²) in [6.45, 7) is 5.94. The fraction of sp³-hybridized carbons (Fsp3) is 0.667. The predicted molar refractivity (Wildman–Crippen MR) is 127 cm³/mol. The largest absolute Gasteiger partial charge is 0.354 e. The van der Waals surface area contributed by atoms with Crippen LogP contribution in [0, 0.1) is 11.6 Å². The highest BCUT2D eigenvalue weighted by Gasteiger charge is 2.23. The lowest BCUT2D eigenvalue weighted by molar-refractivity contribution is 0.203. The van der Waals surface area contributed by atoms with E-state index in [4.69, 9.17) is 0 Å². The number of aliphatic imine (C=N–C) groups is 1.